The van der Waals surface area contributed by atoms with Crippen LogP contribution in [0.25, 0.3) is 0 Å². The van der Waals surface area contributed by atoms with Crippen molar-refractivity contribution in [1.29, 1.82) is 0 Å². The van der Waals surface area contributed by atoms with Crippen LogP contribution in [0.15, 0.2) is 0 Å². The first-order valence-electron chi connectivity index (χ1n) is 6.18. The first kappa shape index (κ1) is 17.4. The third-order valence-electron chi connectivity index (χ3n) is 2.33. The van der Waals surface area contributed by atoms with Crippen LogP contribution in [0.3, 0.4) is 0 Å². The fourth-order valence-corrected chi connectivity index (χ4v) is 1.24. The molecule has 7 heteroatoms. The molecule has 0 radical (unpaired) electrons. The van der Waals surface area contributed by atoms with Crippen LogP contribution >= 0.6 is 0 Å². The monoisotopic (exact) mass is 274 g/mol. The van der Waals surface area contributed by atoms with Gasteiger partial charge in [0.25, 0.3) is 0 Å². The molecule has 0 heterocycles. The first-order valence-corrected chi connectivity index (χ1v) is 6.18. The Balaban J connectivity index is 3.81. The summed E-state index contributed by atoms with van der Waals surface area (Å²) in [5, 5.41) is 5.39. The third-order valence-corrected chi connectivity index (χ3v) is 2.33. The second kappa shape index (κ2) is 10.3. The third kappa shape index (κ3) is 9.01. The molecule has 0 aliphatic carbocycles. The van der Waals surface area contributed by atoms with Crippen molar-refractivity contribution in [2.45, 2.75) is 32.2 Å². The lowest BCUT2D eigenvalue weighted by molar-refractivity contribution is -0.147. The quantitative estimate of drug-likeness (QED) is 0.439. The number of nitrogens with one attached hydrogen (secondary N) is 2. The van der Waals surface area contributed by atoms with Crippen LogP contribution in [0.1, 0.15) is 26.2 Å². The maximum absolute atomic E-state index is 11.5. The van der Waals surface area contributed by atoms with E-state index < -0.39 is 18.0 Å². The Bertz CT molecular complexity index is 306. The number of hydrogen-bond donors (Lipinski definition) is 2. The summed E-state index contributed by atoms with van der Waals surface area (Å²) in [5.74, 6) is -1.33. The molecule has 0 bridgehead atoms. The Morgan fingerprint density at radius 3 is 2.47 bits per heavy atom. The van der Waals surface area contributed by atoms with E-state index >= 15 is 0 Å². The van der Waals surface area contributed by atoms with Gasteiger partial charge in [-0.15, -0.1) is 0 Å². The number of methoxy groups -OCH3 is 1. The van der Waals surface area contributed by atoms with Gasteiger partial charge in [0.1, 0.15) is 6.04 Å². The first-order chi connectivity index (χ1) is 9.01. The Labute approximate surface area is 113 Å². The molecule has 0 fully saturated rings. The smallest absolute Gasteiger partial charge is 0.328 e. The van der Waals surface area contributed by atoms with E-state index in [0.29, 0.717) is 13.0 Å². The van der Waals surface area contributed by atoms with E-state index in [2.05, 4.69) is 15.4 Å². The summed E-state index contributed by atoms with van der Waals surface area (Å²) in [4.78, 5) is 33.7. The average Bonchev–Trinajstić information content (AvgIpc) is 2.40. The molecule has 2 N–H and O–H groups in total. The molecular formula is C12H22N2O5. The van der Waals surface area contributed by atoms with Crippen LogP contribution in [0.4, 0.5) is 0 Å². The highest BCUT2D eigenvalue weighted by atomic mass is 16.5. The van der Waals surface area contributed by atoms with Gasteiger partial charge in [0.2, 0.25) is 5.91 Å². The second-order valence-corrected chi connectivity index (χ2v) is 3.99. The van der Waals surface area contributed by atoms with Gasteiger partial charge in [-0.25, -0.2) is 4.79 Å². The van der Waals surface area contributed by atoms with Gasteiger partial charge < -0.3 is 20.1 Å². The van der Waals surface area contributed by atoms with E-state index in [9.17, 15) is 14.4 Å². The number of hydrogen-bond acceptors (Lipinski definition) is 6. The maximum Gasteiger partial charge on any atom is 0.328 e. The standard InChI is InChI=1S/C12H22N2O5/c1-9(12(17)19-8-4-7-13-2)14-10(15)5-6-11(16)18-3/h9,13H,4-8H2,1-3H3,(H,14,15). The number of rotatable bonds is 9. The highest BCUT2D eigenvalue weighted by Crippen LogP contribution is 1.95. The van der Waals surface area contributed by atoms with Crippen LogP contribution in [0, 0.1) is 0 Å². The minimum Gasteiger partial charge on any atom is -0.469 e. The van der Waals surface area contributed by atoms with Crippen molar-refractivity contribution in [2.75, 3.05) is 27.3 Å². The topological polar surface area (TPSA) is 93.7 Å². The van der Waals surface area contributed by atoms with E-state index in [1.807, 2.05) is 7.05 Å². The maximum atomic E-state index is 11.5. The van der Waals surface area contributed by atoms with Crippen molar-refractivity contribution in [3.05, 3.63) is 0 Å². The molecule has 0 aromatic heterocycles. The zero-order chi connectivity index (χ0) is 14.7. The zero-order valence-corrected chi connectivity index (χ0v) is 11.7. The summed E-state index contributed by atoms with van der Waals surface area (Å²) in [6, 6.07) is -0.722. The van der Waals surface area contributed by atoms with Gasteiger partial charge in [-0.3, -0.25) is 9.59 Å². The molecule has 0 saturated heterocycles. The molecule has 0 aromatic carbocycles. The predicted octanol–water partition coefficient (Wildman–Crippen LogP) is -0.403. The van der Waals surface area contributed by atoms with Crippen LogP contribution in [0.2, 0.25) is 0 Å². The SMILES string of the molecule is CNCCCOC(=O)C(C)NC(=O)CCC(=O)OC. The van der Waals surface area contributed by atoms with Gasteiger partial charge >= 0.3 is 11.9 Å². The van der Waals surface area contributed by atoms with Crippen LogP contribution in [0.5, 0.6) is 0 Å². The fraction of sp³-hybridized carbons (Fsp3) is 0.750. The van der Waals surface area contributed by atoms with Crippen molar-refractivity contribution in [2.24, 2.45) is 0 Å². The summed E-state index contributed by atoms with van der Waals surface area (Å²) < 4.78 is 9.38. The molecule has 1 atom stereocenters. The largest absolute Gasteiger partial charge is 0.469 e. The molecule has 0 rings (SSSR count). The number of carbonyl (C=O) groups excluding carboxylic acids is 3. The van der Waals surface area contributed by atoms with Gasteiger partial charge in [0.15, 0.2) is 0 Å². The second-order valence-electron chi connectivity index (χ2n) is 3.99. The van der Waals surface area contributed by atoms with Gasteiger partial charge in [0, 0.05) is 6.42 Å². The fourth-order valence-electron chi connectivity index (χ4n) is 1.24. The summed E-state index contributed by atoms with van der Waals surface area (Å²) in [6.07, 6.45) is 0.696. The zero-order valence-electron chi connectivity index (χ0n) is 11.7. The van der Waals surface area contributed by atoms with E-state index in [1.54, 1.807) is 0 Å². The minimum absolute atomic E-state index is 0.00767. The highest BCUT2D eigenvalue weighted by molar-refractivity contribution is 5.86. The number of esters is 2. The summed E-state index contributed by atoms with van der Waals surface area (Å²) in [6.45, 7) is 2.60. The molecule has 0 saturated carbocycles. The van der Waals surface area contributed by atoms with Gasteiger partial charge in [-0.05, 0) is 26.9 Å². The predicted molar refractivity (Wildman–Crippen MR) is 68.4 cm³/mol. The Morgan fingerprint density at radius 1 is 1.21 bits per heavy atom. The molecule has 7 nitrogen and oxygen atoms in total. The van der Waals surface area contributed by atoms with Crippen LogP contribution < -0.4 is 10.6 Å². The lowest BCUT2D eigenvalue weighted by Crippen LogP contribution is -2.39. The number of carbonyl (C=O) groups is 3. The molecule has 0 spiro atoms. The van der Waals surface area contributed by atoms with Crippen molar-refractivity contribution in [3.8, 4) is 0 Å². The van der Waals surface area contributed by atoms with Crippen LogP contribution in [-0.2, 0) is 23.9 Å². The molecule has 0 aliphatic rings. The molecule has 1 unspecified atom stereocenters. The van der Waals surface area contributed by atoms with E-state index in [-0.39, 0.29) is 18.7 Å². The Morgan fingerprint density at radius 2 is 1.89 bits per heavy atom. The molecule has 19 heavy (non-hydrogen) atoms. The number of amides is 1. The van der Waals surface area contributed by atoms with E-state index in [4.69, 9.17) is 4.74 Å². The van der Waals surface area contributed by atoms with Crippen molar-refractivity contribution in [3.63, 3.8) is 0 Å². The number of ether oxygens (including phenoxy) is 2. The van der Waals surface area contributed by atoms with Crippen molar-refractivity contribution < 1.29 is 23.9 Å². The molecule has 110 valence electrons. The summed E-state index contributed by atoms with van der Waals surface area (Å²) in [5.41, 5.74) is 0. The van der Waals surface area contributed by atoms with Gasteiger partial charge in [-0.2, -0.15) is 0 Å². The van der Waals surface area contributed by atoms with Crippen molar-refractivity contribution >= 4 is 17.8 Å². The van der Waals surface area contributed by atoms with Crippen LogP contribution in [-0.4, -0.2) is 51.2 Å². The molecule has 0 aromatic rings. The highest BCUT2D eigenvalue weighted by Gasteiger charge is 2.17. The summed E-state index contributed by atoms with van der Waals surface area (Å²) >= 11 is 0. The summed E-state index contributed by atoms with van der Waals surface area (Å²) in [7, 11) is 3.07. The molecule has 0 aliphatic heterocycles. The van der Waals surface area contributed by atoms with E-state index in [1.165, 1.54) is 14.0 Å². The average molecular weight is 274 g/mol. The Kier molecular flexibility index (Phi) is 9.42. The Hall–Kier alpha value is -1.63. The lowest BCUT2D eigenvalue weighted by atomic mass is 10.2. The van der Waals surface area contributed by atoms with Crippen molar-refractivity contribution in [1.82, 2.24) is 10.6 Å². The van der Waals surface area contributed by atoms with Gasteiger partial charge in [-0.1, -0.05) is 0 Å². The minimum atomic E-state index is -0.722. The van der Waals surface area contributed by atoms with E-state index in [0.717, 1.165) is 6.54 Å². The lowest BCUT2D eigenvalue weighted by Gasteiger charge is -2.13. The van der Waals surface area contributed by atoms with Gasteiger partial charge in [0.05, 0.1) is 20.1 Å². The molecule has 1 amide bonds. The normalized spacial score (nSPS) is 11.5. The molecular weight excluding hydrogens is 252 g/mol.